The molecular weight excluding hydrogens is 230 g/mol. The van der Waals surface area contributed by atoms with Gasteiger partial charge in [-0.15, -0.1) is 0 Å². The van der Waals surface area contributed by atoms with Gasteiger partial charge in [0.15, 0.2) is 0 Å². The van der Waals surface area contributed by atoms with Crippen LogP contribution in [0.1, 0.15) is 6.42 Å². The number of rotatable bonds is 1. The van der Waals surface area contributed by atoms with Crippen LogP contribution in [0.2, 0.25) is 5.02 Å². The minimum Gasteiger partial charge on any atom is -0.397 e. The highest BCUT2D eigenvalue weighted by atomic mass is 35.5. The summed E-state index contributed by atoms with van der Waals surface area (Å²) in [5.74, 6) is 3.24. The molecule has 3 nitrogen and oxygen atoms in total. The summed E-state index contributed by atoms with van der Waals surface area (Å²) in [5.41, 5.74) is 6.24. The molecule has 1 aromatic heterocycles. The van der Waals surface area contributed by atoms with E-state index in [1.807, 2.05) is 11.8 Å². The highest BCUT2D eigenvalue weighted by molar-refractivity contribution is 7.99. The molecule has 0 atom stereocenters. The largest absolute Gasteiger partial charge is 0.397 e. The number of hydrogen-bond acceptors (Lipinski definition) is 4. The van der Waals surface area contributed by atoms with Crippen LogP contribution in [0.4, 0.5) is 11.5 Å². The standard InChI is InChI=1S/C10H14ClN3S/c11-9-6-8(12)7-13-10(9)14-2-1-4-15-5-3-14/h6-7H,1-5,12H2. The fraction of sp³-hybridized carbons (Fsp3) is 0.500. The van der Waals surface area contributed by atoms with E-state index in [1.165, 1.54) is 12.2 Å². The van der Waals surface area contributed by atoms with Crippen LogP contribution in [0.3, 0.4) is 0 Å². The SMILES string of the molecule is Nc1cnc(N2CCCSCC2)c(Cl)c1. The van der Waals surface area contributed by atoms with Gasteiger partial charge in [0.25, 0.3) is 0 Å². The Balaban J connectivity index is 2.19. The van der Waals surface area contributed by atoms with Gasteiger partial charge in [-0.05, 0) is 18.2 Å². The number of nitrogens with two attached hydrogens (primary N) is 1. The maximum atomic E-state index is 6.13. The van der Waals surface area contributed by atoms with E-state index in [-0.39, 0.29) is 0 Å². The van der Waals surface area contributed by atoms with Gasteiger partial charge in [0.1, 0.15) is 5.82 Å². The third-order valence-corrected chi connectivity index (χ3v) is 3.69. The van der Waals surface area contributed by atoms with Crippen LogP contribution in [0, 0.1) is 0 Å². The fourth-order valence-electron chi connectivity index (χ4n) is 1.64. The zero-order valence-corrected chi connectivity index (χ0v) is 10.0. The first-order valence-electron chi connectivity index (χ1n) is 5.01. The van der Waals surface area contributed by atoms with Crippen molar-refractivity contribution in [2.24, 2.45) is 0 Å². The Morgan fingerprint density at radius 2 is 2.27 bits per heavy atom. The van der Waals surface area contributed by atoms with Crippen LogP contribution in [-0.2, 0) is 0 Å². The van der Waals surface area contributed by atoms with Gasteiger partial charge in [-0.2, -0.15) is 11.8 Å². The third kappa shape index (κ3) is 2.69. The average molecular weight is 244 g/mol. The molecule has 5 heteroatoms. The molecule has 0 radical (unpaired) electrons. The molecule has 1 aliphatic heterocycles. The normalized spacial score (nSPS) is 17.5. The van der Waals surface area contributed by atoms with Crippen LogP contribution >= 0.6 is 23.4 Å². The summed E-state index contributed by atoms with van der Waals surface area (Å²) in [7, 11) is 0. The molecule has 2 heterocycles. The minimum absolute atomic E-state index is 0.618. The van der Waals surface area contributed by atoms with Gasteiger partial charge in [0.2, 0.25) is 0 Å². The number of nitrogens with zero attached hydrogens (tertiary/aromatic N) is 2. The van der Waals surface area contributed by atoms with E-state index in [0.29, 0.717) is 10.7 Å². The fourth-order valence-corrected chi connectivity index (χ4v) is 2.82. The summed E-state index contributed by atoms with van der Waals surface area (Å²) >= 11 is 8.11. The predicted molar refractivity (Wildman–Crippen MR) is 67.8 cm³/mol. The van der Waals surface area contributed by atoms with Crippen molar-refractivity contribution in [1.82, 2.24) is 4.98 Å². The predicted octanol–water partition coefficient (Wildman–Crippen LogP) is 2.26. The van der Waals surface area contributed by atoms with Gasteiger partial charge in [-0.3, -0.25) is 0 Å². The molecule has 0 saturated carbocycles. The molecule has 82 valence electrons. The smallest absolute Gasteiger partial charge is 0.147 e. The molecule has 0 amide bonds. The lowest BCUT2D eigenvalue weighted by Gasteiger charge is -2.22. The number of hydrogen-bond donors (Lipinski definition) is 1. The lowest BCUT2D eigenvalue weighted by atomic mass is 10.3. The van der Waals surface area contributed by atoms with E-state index in [2.05, 4.69) is 9.88 Å². The van der Waals surface area contributed by atoms with E-state index in [9.17, 15) is 0 Å². The first-order chi connectivity index (χ1) is 7.27. The van der Waals surface area contributed by atoms with E-state index in [1.54, 1.807) is 12.3 Å². The average Bonchev–Trinajstić information content (AvgIpc) is 2.46. The first kappa shape index (κ1) is 10.9. The topological polar surface area (TPSA) is 42.1 Å². The third-order valence-electron chi connectivity index (χ3n) is 2.36. The molecule has 2 N–H and O–H groups in total. The van der Waals surface area contributed by atoms with Gasteiger partial charge in [0, 0.05) is 18.8 Å². The van der Waals surface area contributed by atoms with E-state index in [4.69, 9.17) is 17.3 Å². The summed E-state index contributed by atoms with van der Waals surface area (Å²) in [6.45, 7) is 2.05. The summed E-state index contributed by atoms with van der Waals surface area (Å²) in [5, 5.41) is 0.655. The highest BCUT2D eigenvalue weighted by Gasteiger charge is 2.14. The summed E-state index contributed by atoms with van der Waals surface area (Å²) < 4.78 is 0. The van der Waals surface area contributed by atoms with Crippen LogP contribution in [0.25, 0.3) is 0 Å². The Labute approximate surface area is 99.0 Å². The molecule has 0 bridgehead atoms. The minimum atomic E-state index is 0.618. The Morgan fingerprint density at radius 3 is 3.07 bits per heavy atom. The summed E-state index contributed by atoms with van der Waals surface area (Å²) in [4.78, 5) is 6.54. The Morgan fingerprint density at radius 1 is 1.40 bits per heavy atom. The van der Waals surface area contributed by atoms with Crippen molar-refractivity contribution in [2.75, 3.05) is 35.2 Å². The van der Waals surface area contributed by atoms with Crippen molar-refractivity contribution in [3.8, 4) is 0 Å². The van der Waals surface area contributed by atoms with E-state index >= 15 is 0 Å². The van der Waals surface area contributed by atoms with Gasteiger partial charge in [0.05, 0.1) is 16.9 Å². The van der Waals surface area contributed by atoms with Crippen molar-refractivity contribution < 1.29 is 0 Å². The van der Waals surface area contributed by atoms with E-state index < -0.39 is 0 Å². The van der Waals surface area contributed by atoms with Gasteiger partial charge in [-0.1, -0.05) is 11.6 Å². The van der Waals surface area contributed by atoms with Crippen molar-refractivity contribution in [3.05, 3.63) is 17.3 Å². The van der Waals surface area contributed by atoms with Crippen molar-refractivity contribution in [3.63, 3.8) is 0 Å². The number of aromatic nitrogens is 1. The lowest BCUT2D eigenvalue weighted by Crippen LogP contribution is -2.26. The molecule has 0 aliphatic carbocycles. The number of pyridine rings is 1. The molecule has 2 rings (SSSR count). The molecular formula is C10H14ClN3S. The molecule has 15 heavy (non-hydrogen) atoms. The molecule has 0 aromatic carbocycles. The van der Waals surface area contributed by atoms with Gasteiger partial charge < -0.3 is 10.6 Å². The maximum Gasteiger partial charge on any atom is 0.147 e. The monoisotopic (exact) mass is 243 g/mol. The summed E-state index contributed by atoms with van der Waals surface area (Å²) in [6.07, 6.45) is 2.85. The van der Waals surface area contributed by atoms with Gasteiger partial charge >= 0.3 is 0 Å². The molecule has 1 aromatic rings. The lowest BCUT2D eigenvalue weighted by molar-refractivity contribution is 0.802. The molecule has 0 unspecified atom stereocenters. The van der Waals surface area contributed by atoms with Crippen LogP contribution in [0.5, 0.6) is 0 Å². The van der Waals surface area contributed by atoms with Crippen LogP contribution in [0.15, 0.2) is 12.3 Å². The van der Waals surface area contributed by atoms with Crippen molar-refractivity contribution in [1.29, 1.82) is 0 Å². The zero-order valence-electron chi connectivity index (χ0n) is 8.45. The van der Waals surface area contributed by atoms with Crippen LogP contribution in [-0.4, -0.2) is 29.6 Å². The number of halogens is 1. The second-order valence-electron chi connectivity index (χ2n) is 3.53. The van der Waals surface area contributed by atoms with E-state index in [0.717, 1.165) is 24.7 Å². The maximum absolute atomic E-state index is 6.13. The van der Waals surface area contributed by atoms with Gasteiger partial charge in [-0.25, -0.2) is 4.98 Å². The number of anilines is 2. The molecule has 1 aliphatic rings. The first-order valence-corrected chi connectivity index (χ1v) is 6.54. The Hall–Kier alpha value is -0.610. The molecule has 0 spiro atoms. The van der Waals surface area contributed by atoms with Crippen molar-refractivity contribution in [2.45, 2.75) is 6.42 Å². The summed E-state index contributed by atoms with van der Waals surface area (Å²) in [6, 6.07) is 1.77. The number of thioether (sulfide) groups is 1. The second kappa shape index (κ2) is 4.94. The Kier molecular flexibility index (Phi) is 3.59. The second-order valence-corrected chi connectivity index (χ2v) is 5.16. The highest BCUT2D eigenvalue weighted by Crippen LogP contribution is 2.26. The van der Waals surface area contributed by atoms with Crippen LogP contribution < -0.4 is 10.6 Å². The van der Waals surface area contributed by atoms with Crippen molar-refractivity contribution >= 4 is 34.9 Å². The molecule has 1 saturated heterocycles. The Bertz CT molecular complexity index is 337. The molecule has 1 fully saturated rings. The number of nitrogen functional groups attached to an aromatic ring is 1. The zero-order chi connectivity index (χ0) is 10.7. The quantitative estimate of drug-likeness (QED) is 0.822.